The van der Waals surface area contributed by atoms with Gasteiger partial charge in [-0.15, -0.1) is 0 Å². The van der Waals surface area contributed by atoms with Crippen molar-refractivity contribution in [3.05, 3.63) is 41.8 Å². The van der Waals surface area contributed by atoms with Gasteiger partial charge in [0.15, 0.2) is 5.82 Å². The topological polar surface area (TPSA) is 99.4 Å². The summed E-state index contributed by atoms with van der Waals surface area (Å²) in [6.45, 7) is 10.2. The molecule has 3 aromatic rings. The minimum Gasteiger partial charge on any atom is -0.443 e. The molecule has 1 aromatic carbocycles. The van der Waals surface area contributed by atoms with Crippen molar-refractivity contribution in [1.29, 1.82) is 0 Å². The zero-order valence-electron chi connectivity index (χ0n) is 18.2. The second kappa shape index (κ2) is 8.14. The van der Waals surface area contributed by atoms with Crippen LogP contribution < -0.4 is 4.90 Å². The second-order valence-corrected chi connectivity index (χ2v) is 9.08. The number of amides is 2. The van der Waals surface area contributed by atoms with Crippen LogP contribution in [0, 0.1) is 0 Å². The van der Waals surface area contributed by atoms with Crippen LogP contribution in [0.1, 0.15) is 41.5 Å². The second-order valence-electron chi connectivity index (χ2n) is 8.74. The number of carbonyl (C=O) groups is 2. The predicted molar refractivity (Wildman–Crippen MR) is 117 cm³/mol. The van der Waals surface area contributed by atoms with Crippen LogP contribution in [0.3, 0.4) is 0 Å². The lowest BCUT2D eigenvalue weighted by atomic mass is 10.2. The Labute approximate surface area is 184 Å². The molecule has 9 nitrogen and oxygen atoms in total. The number of hydrogen-bond donors (Lipinski definition) is 0. The van der Waals surface area contributed by atoms with Crippen LogP contribution in [-0.4, -0.2) is 43.1 Å². The molecule has 2 aromatic heterocycles. The summed E-state index contributed by atoms with van der Waals surface area (Å²) < 4.78 is 12.4. The standard InChI is InChI=1S/C21H24ClN5O4/c1-20(2,3)30-18(28)26(19(29)31-21(4,5)6)16-15-14(12-23-17(22)24-15)25-27(16)13-10-8-7-9-11-13/h7-12H,1-6H3. The number of carbonyl (C=O) groups excluding carboxylic acids is 2. The first-order valence-corrected chi connectivity index (χ1v) is 9.96. The van der Waals surface area contributed by atoms with Crippen molar-refractivity contribution in [1.82, 2.24) is 19.7 Å². The average molecular weight is 446 g/mol. The minimum absolute atomic E-state index is 0.0361. The van der Waals surface area contributed by atoms with Gasteiger partial charge in [-0.3, -0.25) is 0 Å². The Morgan fingerprint density at radius 1 is 0.968 bits per heavy atom. The van der Waals surface area contributed by atoms with Crippen LogP contribution in [0.2, 0.25) is 5.28 Å². The first-order chi connectivity index (χ1) is 14.4. The number of para-hydroxylation sites is 1. The third kappa shape index (κ3) is 5.29. The molecule has 0 atom stereocenters. The Morgan fingerprint density at radius 3 is 2.03 bits per heavy atom. The number of nitrogens with zero attached hydrogens (tertiary/aromatic N) is 5. The van der Waals surface area contributed by atoms with Crippen molar-refractivity contribution in [3.63, 3.8) is 0 Å². The van der Waals surface area contributed by atoms with Gasteiger partial charge >= 0.3 is 12.2 Å². The van der Waals surface area contributed by atoms with E-state index in [1.807, 2.05) is 6.07 Å². The van der Waals surface area contributed by atoms with Crippen molar-refractivity contribution < 1.29 is 19.1 Å². The Kier molecular flexibility index (Phi) is 5.91. The minimum atomic E-state index is -0.935. The van der Waals surface area contributed by atoms with E-state index in [4.69, 9.17) is 21.1 Å². The van der Waals surface area contributed by atoms with E-state index in [0.717, 1.165) is 4.90 Å². The molecule has 0 saturated heterocycles. The Bertz CT molecular complexity index is 1090. The Hall–Kier alpha value is -3.20. The van der Waals surface area contributed by atoms with E-state index in [1.165, 1.54) is 10.9 Å². The normalized spacial score (nSPS) is 12.0. The molecule has 0 bridgehead atoms. The number of fused-ring (bicyclic) bond motifs is 1. The lowest BCUT2D eigenvalue weighted by molar-refractivity contribution is 0.0428. The third-order valence-electron chi connectivity index (χ3n) is 3.72. The van der Waals surface area contributed by atoms with Crippen molar-refractivity contribution in [2.75, 3.05) is 4.90 Å². The van der Waals surface area contributed by atoms with E-state index in [1.54, 1.807) is 65.8 Å². The highest BCUT2D eigenvalue weighted by Crippen LogP contribution is 2.31. The molecular weight excluding hydrogens is 422 g/mol. The molecule has 0 unspecified atom stereocenters. The average Bonchev–Trinajstić information content (AvgIpc) is 2.98. The zero-order valence-corrected chi connectivity index (χ0v) is 19.0. The Balaban J connectivity index is 2.28. The van der Waals surface area contributed by atoms with Crippen molar-refractivity contribution in [2.45, 2.75) is 52.7 Å². The van der Waals surface area contributed by atoms with E-state index >= 15 is 0 Å². The summed E-state index contributed by atoms with van der Waals surface area (Å²) in [4.78, 5) is 35.3. The van der Waals surface area contributed by atoms with Gasteiger partial charge in [-0.2, -0.15) is 10.00 Å². The van der Waals surface area contributed by atoms with E-state index in [2.05, 4.69) is 15.1 Å². The molecule has 0 aliphatic rings. The first-order valence-electron chi connectivity index (χ1n) is 9.58. The molecule has 0 aliphatic heterocycles. The highest BCUT2D eigenvalue weighted by atomic mass is 35.5. The van der Waals surface area contributed by atoms with Crippen LogP contribution in [0.15, 0.2) is 36.5 Å². The van der Waals surface area contributed by atoms with E-state index < -0.39 is 23.4 Å². The quantitative estimate of drug-likeness (QED) is 0.503. The number of aromatic nitrogens is 4. The van der Waals surface area contributed by atoms with Gasteiger partial charge < -0.3 is 9.47 Å². The number of benzene rings is 1. The Morgan fingerprint density at radius 2 is 1.52 bits per heavy atom. The summed E-state index contributed by atoms with van der Waals surface area (Å²) in [7, 11) is 0. The highest BCUT2D eigenvalue weighted by molar-refractivity contribution is 6.28. The molecule has 0 radical (unpaired) electrons. The SMILES string of the molecule is CC(C)(C)OC(=O)N(C(=O)OC(C)(C)C)c1c2nc(Cl)ncc2nn1-c1ccccc1. The molecule has 2 heterocycles. The van der Waals surface area contributed by atoms with Gasteiger partial charge in [-0.25, -0.2) is 24.2 Å². The maximum atomic E-state index is 13.2. The zero-order chi connectivity index (χ0) is 23.0. The molecule has 10 heteroatoms. The van der Waals surface area contributed by atoms with Crippen molar-refractivity contribution >= 4 is 40.6 Å². The lowest BCUT2D eigenvalue weighted by Crippen LogP contribution is -2.44. The van der Waals surface area contributed by atoms with Gasteiger partial charge in [0.2, 0.25) is 5.28 Å². The summed E-state index contributed by atoms with van der Waals surface area (Å²) in [5, 5.41) is 4.42. The lowest BCUT2D eigenvalue weighted by Gasteiger charge is -2.28. The van der Waals surface area contributed by atoms with E-state index in [-0.39, 0.29) is 16.6 Å². The summed E-state index contributed by atoms with van der Waals surface area (Å²) in [6.07, 6.45) is -0.457. The summed E-state index contributed by atoms with van der Waals surface area (Å²) >= 11 is 6.01. The van der Waals surface area contributed by atoms with Gasteiger partial charge in [0.25, 0.3) is 0 Å². The summed E-state index contributed by atoms with van der Waals surface area (Å²) in [5.74, 6) is 0.0361. The molecule has 2 amide bonds. The fraction of sp³-hybridized carbons (Fsp3) is 0.381. The van der Waals surface area contributed by atoms with Gasteiger partial charge in [0.05, 0.1) is 11.9 Å². The van der Waals surface area contributed by atoms with Gasteiger partial charge in [0.1, 0.15) is 22.2 Å². The van der Waals surface area contributed by atoms with Gasteiger partial charge in [0, 0.05) is 0 Å². The molecule has 164 valence electrons. The monoisotopic (exact) mass is 445 g/mol. The fourth-order valence-corrected chi connectivity index (χ4v) is 2.79. The maximum Gasteiger partial charge on any atom is 0.425 e. The number of hydrogen-bond acceptors (Lipinski definition) is 7. The molecule has 0 N–H and O–H groups in total. The number of ether oxygens (including phenoxy) is 2. The summed E-state index contributed by atoms with van der Waals surface area (Å²) in [5.41, 5.74) is -0.612. The molecule has 0 fully saturated rings. The third-order valence-corrected chi connectivity index (χ3v) is 3.91. The fourth-order valence-electron chi connectivity index (χ4n) is 2.66. The molecule has 0 spiro atoms. The predicted octanol–water partition coefficient (Wildman–Crippen LogP) is 5.15. The molecule has 3 rings (SSSR count). The van der Waals surface area contributed by atoms with E-state index in [0.29, 0.717) is 11.2 Å². The molecule has 0 aliphatic carbocycles. The van der Waals surface area contributed by atoms with Crippen LogP contribution in [0.4, 0.5) is 15.4 Å². The van der Waals surface area contributed by atoms with E-state index in [9.17, 15) is 9.59 Å². The van der Waals surface area contributed by atoms with Crippen molar-refractivity contribution in [2.24, 2.45) is 0 Å². The largest absolute Gasteiger partial charge is 0.443 e. The van der Waals surface area contributed by atoms with Gasteiger partial charge in [-0.05, 0) is 65.3 Å². The molecule has 0 saturated carbocycles. The smallest absolute Gasteiger partial charge is 0.425 e. The summed E-state index contributed by atoms with van der Waals surface area (Å²) in [6, 6.07) is 8.98. The number of imide groups is 1. The van der Waals surface area contributed by atoms with Crippen LogP contribution >= 0.6 is 11.6 Å². The molecular formula is C21H24ClN5O4. The number of anilines is 1. The first kappa shape index (κ1) is 22.5. The highest BCUT2D eigenvalue weighted by Gasteiger charge is 2.37. The van der Waals surface area contributed by atoms with Gasteiger partial charge in [-0.1, -0.05) is 18.2 Å². The van der Waals surface area contributed by atoms with Crippen LogP contribution in [0.5, 0.6) is 0 Å². The number of rotatable bonds is 2. The number of halogens is 1. The maximum absolute atomic E-state index is 13.2. The van der Waals surface area contributed by atoms with Crippen LogP contribution in [-0.2, 0) is 9.47 Å². The van der Waals surface area contributed by atoms with Crippen LogP contribution in [0.25, 0.3) is 16.7 Å². The molecule has 31 heavy (non-hydrogen) atoms. The van der Waals surface area contributed by atoms with Crippen molar-refractivity contribution in [3.8, 4) is 5.69 Å².